The van der Waals surface area contributed by atoms with Crippen LogP contribution < -0.4 is 9.64 Å². The minimum atomic E-state index is -3.25. The molecule has 1 saturated heterocycles. The Morgan fingerprint density at radius 3 is 2.62 bits per heavy atom. The summed E-state index contributed by atoms with van der Waals surface area (Å²) < 4.78 is 35.3. The van der Waals surface area contributed by atoms with Crippen LogP contribution in [0.2, 0.25) is 0 Å². The molecule has 1 fully saturated rings. The average molecular weight is 461 g/mol. The maximum absolute atomic E-state index is 12.7. The van der Waals surface area contributed by atoms with Crippen molar-refractivity contribution in [1.29, 1.82) is 0 Å². The molecule has 1 amide bonds. The molecule has 3 heterocycles. The van der Waals surface area contributed by atoms with Gasteiger partial charge in [0.2, 0.25) is 0 Å². The van der Waals surface area contributed by atoms with Crippen molar-refractivity contribution in [3.05, 3.63) is 42.2 Å². The summed E-state index contributed by atoms with van der Waals surface area (Å²) in [5.41, 5.74) is 2.06. The average Bonchev–Trinajstić information content (AvgIpc) is 3.16. The summed E-state index contributed by atoms with van der Waals surface area (Å²) in [6.07, 6.45) is 5.27. The second-order valence-corrected chi connectivity index (χ2v) is 10.4. The van der Waals surface area contributed by atoms with E-state index in [4.69, 9.17) is 9.47 Å². The van der Waals surface area contributed by atoms with E-state index in [9.17, 15) is 13.2 Å². The Labute approximate surface area is 188 Å². The first-order chi connectivity index (χ1) is 15.2. The number of fused-ring (bicyclic) bond motifs is 1. The highest BCUT2D eigenvalue weighted by molar-refractivity contribution is 7.90. The third-order valence-corrected chi connectivity index (χ3v) is 6.84. The SMILES string of the molecule is CC(C)OC(=O)N1CCC(N2CCc3cc(S(C)(=O)=O)ccc32)CC1Oc1ncccn1. The maximum Gasteiger partial charge on any atom is 0.412 e. The Balaban J connectivity index is 1.55. The number of aromatic nitrogens is 2. The highest BCUT2D eigenvalue weighted by atomic mass is 32.2. The van der Waals surface area contributed by atoms with Gasteiger partial charge in [0.1, 0.15) is 0 Å². The largest absolute Gasteiger partial charge is 0.447 e. The number of likely N-dealkylation sites (tertiary alicyclic amines) is 1. The molecule has 0 N–H and O–H groups in total. The van der Waals surface area contributed by atoms with E-state index >= 15 is 0 Å². The van der Waals surface area contributed by atoms with Gasteiger partial charge >= 0.3 is 12.1 Å². The summed E-state index contributed by atoms with van der Waals surface area (Å²) in [6, 6.07) is 7.35. The van der Waals surface area contributed by atoms with Crippen molar-refractivity contribution >= 4 is 21.6 Å². The second kappa shape index (κ2) is 8.93. The molecule has 2 aliphatic rings. The van der Waals surface area contributed by atoms with Crippen molar-refractivity contribution in [3.8, 4) is 6.01 Å². The summed E-state index contributed by atoms with van der Waals surface area (Å²) in [7, 11) is -3.25. The van der Waals surface area contributed by atoms with Crippen LogP contribution in [0.4, 0.5) is 10.5 Å². The molecule has 2 atom stereocenters. The van der Waals surface area contributed by atoms with Crippen LogP contribution in [0.15, 0.2) is 41.6 Å². The number of piperidine rings is 1. The minimum Gasteiger partial charge on any atom is -0.447 e. The van der Waals surface area contributed by atoms with Gasteiger partial charge in [0.15, 0.2) is 16.1 Å². The van der Waals surface area contributed by atoms with Gasteiger partial charge in [0.05, 0.1) is 11.0 Å². The second-order valence-electron chi connectivity index (χ2n) is 8.41. The molecular weight excluding hydrogens is 432 g/mol. The molecule has 0 aliphatic carbocycles. The molecule has 0 bridgehead atoms. The van der Waals surface area contributed by atoms with Crippen LogP contribution in [0, 0.1) is 0 Å². The van der Waals surface area contributed by atoms with Gasteiger partial charge in [-0.1, -0.05) is 0 Å². The number of carbonyl (C=O) groups excluding carboxylic acids is 1. The number of hydrogen-bond donors (Lipinski definition) is 0. The van der Waals surface area contributed by atoms with E-state index in [-0.39, 0.29) is 18.2 Å². The smallest absolute Gasteiger partial charge is 0.412 e. The van der Waals surface area contributed by atoms with E-state index in [2.05, 4.69) is 14.9 Å². The van der Waals surface area contributed by atoms with Crippen LogP contribution in [0.5, 0.6) is 6.01 Å². The molecule has 1 aromatic heterocycles. The van der Waals surface area contributed by atoms with Gasteiger partial charge in [-0.25, -0.2) is 23.2 Å². The summed E-state index contributed by atoms with van der Waals surface area (Å²) in [4.78, 5) is 25.2. The number of carbonyl (C=O) groups is 1. The Bertz CT molecular complexity index is 1080. The lowest BCUT2D eigenvalue weighted by Crippen LogP contribution is -2.54. The zero-order valence-electron chi connectivity index (χ0n) is 18.5. The number of hydrogen-bond acceptors (Lipinski definition) is 8. The summed E-state index contributed by atoms with van der Waals surface area (Å²) in [5, 5.41) is 0. The van der Waals surface area contributed by atoms with Gasteiger partial charge in [-0.2, -0.15) is 0 Å². The quantitative estimate of drug-likeness (QED) is 0.671. The van der Waals surface area contributed by atoms with E-state index < -0.39 is 22.2 Å². The Kier molecular flexibility index (Phi) is 6.23. The van der Waals surface area contributed by atoms with Crippen molar-refractivity contribution in [3.63, 3.8) is 0 Å². The number of ether oxygens (including phenoxy) is 2. The third-order valence-electron chi connectivity index (χ3n) is 5.73. The molecule has 9 nitrogen and oxygen atoms in total. The number of anilines is 1. The zero-order valence-corrected chi connectivity index (χ0v) is 19.3. The molecule has 2 aromatic rings. The van der Waals surface area contributed by atoms with Crippen LogP contribution in [0.3, 0.4) is 0 Å². The van der Waals surface area contributed by atoms with Gasteiger partial charge < -0.3 is 14.4 Å². The third kappa shape index (κ3) is 4.79. The molecule has 4 rings (SSSR count). The number of amides is 1. The van der Waals surface area contributed by atoms with E-state index in [1.54, 1.807) is 35.5 Å². The van der Waals surface area contributed by atoms with Gasteiger partial charge in [-0.05, 0) is 56.5 Å². The van der Waals surface area contributed by atoms with Crippen LogP contribution >= 0.6 is 0 Å². The monoisotopic (exact) mass is 460 g/mol. The van der Waals surface area contributed by atoms with E-state index in [0.29, 0.717) is 17.9 Å². The molecular formula is C22H28N4O5S. The van der Waals surface area contributed by atoms with E-state index in [1.165, 1.54) is 6.26 Å². The summed E-state index contributed by atoms with van der Waals surface area (Å²) in [6.45, 7) is 4.89. The Hall–Kier alpha value is -2.88. The number of sulfone groups is 1. The lowest BCUT2D eigenvalue weighted by molar-refractivity contribution is -0.0234. The normalized spacial score (nSPS) is 20.9. The van der Waals surface area contributed by atoms with Crippen LogP contribution in [0.25, 0.3) is 0 Å². The first-order valence-electron chi connectivity index (χ1n) is 10.7. The van der Waals surface area contributed by atoms with Gasteiger partial charge in [0, 0.05) is 49.9 Å². The van der Waals surface area contributed by atoms with Crippen molar-refractivity contribution < 1.29 is 22.7 Å². The van der Waals surface area contributed by atoms with Crippen molar-refractivity contribution in [2.75, 3.05) is 24.2 Å². The first kappa shape index (κ1) is 22.3. The molecule has 32 heavy (non-hydrogen) atoms. The lowest BCUT2D eigenvalue weighted by atomic mass is 10.0. The van der Waals surface area contributed by atoms with Gasteiger partial charge in [0.25, 0.3) is 0 Å². The fraction of sp³-hybridized carbons (Fsp3) is 0.500. The molecule has 0 radical (unpaired) electrons. The lowest BCUT2D eigenvalue weighted by Gasteiger charge is -2.42. The fourth-order valence-electron chi connectivity index (χ4n) is 4.26. The van der Waals surface area contributed by atoms with E-state index in [1.807, 2.05) is 19.9 Å². The van der Waals surface area contributed by atoms with Crippen LogP contribution in [-0.4, -0.2) is 67.1 Å². The standard InChI is InChI=1S/C22H28N4O5S/c1-15(2)30-22(27)26-12-8-17(14-20(26)31-21-23-9-4-10-24-21)25-11-7-16-13-18(32(3,28)29)5-6-19(16)25/h4-6,9-10,13,15,17,20H,7-8,11-12,14H2,1-3H3. The zero-order chi connectivity index (χ0) is 22.9. The van der Waals surface area contributed by atoms with Gasteiger partial charge in [-0.15, -0.1) is 0 Å². The molecule has 1 aromatic carbocycles. The molecule has 2 unspecified atom stereocenters. The highest BCUT2D eigenvalue weighted by Crippen LogP contribution is 2.35. The molecule has 10 heteroatoms. The number of benzene rings is 1. The molecule has 0 spiro atoms. The number of nitrogens with zero attached hydrogens (tertiary/aromatic N) is 4. The van der Waals surface area contributed by atoms with Crippen molar-refractivity contribution in [2.24, 2.45) is 0 Å². The Morgan fingerprint density at radius 2 is 1.94 bits per heavy atom. The Morgan fingerprint density at radius 1 is 1.19 bits per heavy atom. The number of rotatable bonds is 5. The maximum atomic E-state index is 12.7. The van der Waals surface area contributed by atoms with Crippen LogP contribution in [-0.2, 0) is 21.0 Å². The van der Waals surface area contributed by atoms with Gasteiger partial charge in [-0.3, -0.25) is 4.90 Å². The summed E-state index contributed by atoms with van der Waals surface area (Å²) >= 11 is 0. The molecule has 2 aliphatic heterocycles. The van der Waals surface area contributed by atoms with Crippen LogP contribution in [0.1, 0.15) is 32.3 Å². The topological polar surface area (TPSA) is 102 Å². The molecule has 172 valence electrons. The predicted molar refractivity (Wildman–Crippen MR) is 118 cm³/mol. The van der Waals surface area contributed by atoms with Crippen molar-refractivity contribution in [1.82, 2.24) is 14.9 Å². The van der Waals surface area contributed by atoms with Crippen molar-refractivity contribution in [2.45, 2.75) is 56.4 Å². The highest BCUT2D eigenvalue weighted by Gasteiger charge is 2.39. The first-order valence-corrected chi connectivity index (χ1v) is 12.6. The fourth-order valence-corrected chi connectivity index (χ4v) is 4.94. The minimum absolute atomic E-state index is 0.122. The predicted octanol–water partition coefficient (Wildman–Crippen LogP) is 2.66. The van der Waals surface area contributed by atoms with E-state index in [0.717, 1.165) is 30.6 Å². The summed E-state index contributed by atoms with van der Waals surface area (Å²) in [5.74, 6) is 0. The molecule has 0 saturated carbocycles.